The van der Waals surface area contributed by atoms with Crippen molar-refractivity contribution < 1.29 is 0 Å². The third-order valence-corrected chi connectivity index (χ3v) is 3.71. The number of benzene rings is 1. The number of aryl methyl sites for hydroxylation is 1. The molecule has 1 N–H and O–H groups in total. The summed E-state index contributed by atoms with van der Waals surface area (Å²) in [6.45, 7) is 7.35. The largest absolute Gasteiger partial charge is 0.317 e. The Bertz CT molecular complexity index is 528. The predicted molar refractivity (Wildman–Crippen MR) is 79.6 cm³/mol. The summed E-state index contributed by atoms with van der Waals surface area (Å²) >= 11 is 0. The molecule has 0 saturated heterocycles. The van der Waals surface area contributed by atoms with E-state index in [2.05, 4.69) is 61.1 Å². The predicted octanol–water partition coefficient (Wildman–Crippen LogP) is 2.87. The highest BCUT2D eigenvalue weighted by Crippen LogP contribution is 2.23. The maximum Gasteiger partial charge on any atom is 0.0895 e. The van der Waals surface area contributed by atoms with Crippen molar-refractivity contribution in [3.63, 3.8) is 0 Å². The van der Waals surface area contributed by atoms with E-state index in [4.69, 9.17) is 5.10 Å². The first-order valence-electron chi connectivity index (χ1n) is 6.93. The average Bonchev–Trinajstić information content (AvgIpc) is 2.71. The van der Waals surface area contributed by atoms with E-state index in [0.29, 0.717) is 0 Å². The molecule has 1 aromatic heterocycles. The summed E-state index contributed by atoms with van der Waals surface area (Å²) in [7, 11) is 1.99. The molecule has 0 aliphatic carbocycles. The van der Waals surface area contributed by atoms with E-state index in [1.54, 1.807) is 0 Å². The zero-order valence-electron chi connectivity index (χ0n) is 12.3. The van der Waals surface area contributed by atoms with Crippen molar-refractivity contribution in [2.75, 3.05) is 13.6 Å². The number of nitrogens with zero attached hydrogens (tertiary/aromatic N) is 2. The van der Waals surface area contributed by atoms with Gasteiger partial charge in [0.25, 0.3) is 0 Å². The normalized spacial score (nSPS) is 12.6. The van der Waals surface area contributed by atoms with Crippen LogP contribution in [0.2, 0.25) is 0 Å². The lowest BCUT2D eigenvalue weighted by molar-refractivity contribution is 0.487. The van der Waals surface area contributed by atoms with Crippen LogP contribution in [0, 0.1) is 13.8 Å². The molecule has 3 nitrogen and oxygen atoms in total. The van der Waals surface area contributed by atoms with E-state index >= 15 is 0 Å². The minimum atomic E-state index is 0.255. The molecule has 1 atom stereocenters. The van der Waals surface area contributed by atoms with E-state index in [9.17, 15) is 0 Å². The summed E-state index contributed by atoms with van der Waals surface area (Å²) in [5.74, 6) is 0. The Morgan fingerprint density at radius 2 is 1.89 bits per heavy atom. The van der Waals surface area contributed by atoms with Crippen LogP contribution in [-0.2, 0) is 6.42 Å². The second kappa shape index (κ2) is 6.02. The zero-order valence-corrected chi connectivity index (χ0v) is 12.3. The first-order valence-corrected chi connectivity index (χ1v) is 6.93. The Morgan fingerprint density at radius 3 is 2.42 bits per heavy atom. The number of aromatic nitrogens is 2. The number of likely N-dealkylation sites (N-methyl/N-ethyl adjacent to an activating group) is 1. The fourth-order valence-electron chi connectivity index (χ4n) is 2.73. The Morgan fingerprint density at radius 1 is 1.21 bits per heavy atom. The molecule has 0 spiro atoms. The lowest BCUT2D eigenvalue weighted by atomic mass is 10.1. The van der Waals surface area contributed by atoms with Gasteiger partial charge in [0.2, 0.25) is 0 Å². The van der Waals surface area contributed by atoms with Crippen molar-refractivity contribution >= 4 is 0 Å². The molecule has 0 aliphatic rings. The van der Waals surface area contributed by atoms with Gasteiger partial charge in [-0.1, -0.05) is 37.3 Å². The second-order valence-electron chi connectivity index (χ2n) is 4.93. The molecule has 3 heteroatoms. The lowest BCUT2D eigenvalue weighted by Gasteiger charge is -2.19. The number of hydrogen-bond donors (Lipinski definition) is 1. The van der Waals surface area contributed by atoms with Crippen molar-refractivity contribution in [3.8, 4) is 0 Å². The molecule has 1 heterocycles. The van der Waals surface area contributed by atoms with Crippen LogP contribution in [0.15, 0.2) is 30.3 Å². The topological polar surface area (TPSA) is 29.9 Å². The maximum atomic E-state index is 4.75. The molecule has 1 unspecified atom stereocenters. The standard InChI is InChI=1S/C16H23N3/c1-5-15-12(2)18-19(13(15)3)16(11-17-4)14-9-7-6-8-10-14/h6-10,16-17H,5,11H2,1-4H3. The van der Waals surface area contributed by atoms with Gasteiger partial charge in [0.1, 0.15) is 0 Å². The van der Waals surface area contributed by atoms with Gasteiger partial charge in [-0.2, -0.15) is 5.10 Å². The van der Waals surface area contributed by atoms with E-state index in [1.807, 2.05) is 7.05 Å². The molecule has 2 rings (SSSR count). The molecule has 0 bridgehead atoms. The SMILES string of the molecule is CCc1c(C)nn(C(CNC)c2ccccc2)c1C. The van der Waals surface area contributed by atoms with Gasteiger partial charge in [0.15, 0.2) is 0 Å². The molecule has 0 fully saturated rings. The van der Waals surface area contributed by atoms with E-state index < -0.39 is 0 Å². The van der Waals surface area contributed by atoms with Crippen LogP contribution >= 0.6 is 0 Å². The Hall–Kier alpha value is -1.61. The summed E-state index contributed by atoms with van der Waals surface area (Å²) in [5.41, 5.74) is 5.10. The highest BCUT2D eigenvalue weighted by atomic mass is 15.3. The Balaban J connectivity index is 2.45. The summed E-state index contributed by atoms with van der Waals surface area (Å²) in [5, 5.41) is 8.03. The van der Waals surface area contributed by atoms with Gasteiger partial charge in [-0.3, -0.25) is 4.68 Å². The van der Waals surface area contributed by atoms with Crippen molar-refractivity contribution in [2.24, 2.45) is 0 Å². The molecular weight excluding hydrogens is 234 g/mol. The smallest absolute Gasteiger partial charge is 0.0895 e. The molecule has 2 aromatic rings. The first kappa shape index (κ1) is 13.8. The van der Waals surface area contributed by atoms with Crippen LogP contribution in [0.25, 0.3) is 0 Å². The summed E-state index contributed by atoms with van der Waals surface area (Å²) in [6.07, 6.45) is 1.04. The molecular formula is C16H23N3. The van der Waals surface area contributed by atoms with Gasteiger partial charge in [0.05, 0.1) is 11.7 Å². The van der Waals surface area contributed by atoms with Crippen LogP contribution in [0.3, 0.4) is 0 Å². The fraction of sp³-hybridized carbons (Fsp3) is 0.438. The van der Waals surface area contributed by atoms with Crippen LogP contribution in [0.1, 0.15) is 35.5 Å². The van der Waals surface area contributed by atoms with Gasteiger partial charge in [-0.15, -0.1) is 0 Å². The maximum absolute atomic E-state index is 4.75. The highest BCUT2D eigenvalue weighted by Gasteiger charge is 2.18. The van der Waals surface area contributed by atoms with Gasteiger partial charge < -0.3 is 5.32 Å². The van der Waals surface area contributed by atoms with Crippen molar-refractivity contribution in [3.05, 3.63) is 52.8 Å². The van der Waals surface area contributed by atoms with E-state index in [1.165, 1.54) is 16.8 Å². The van der Waals surface area contributed by atoms with E-state index in [0.717, 1.165) is 18.7 Å². The third-order valence-electron chi connectivity index (χ3n) is 3.71. The van der Waals surface area contributed by atoms with Gasteiger partial charge in [-0.05, 0) is 38.4 Å². The minimum absolute atomic E-state index is 0.255. The molecule has 19 heavy (non-hydrogen) atoms. The van der Waals surface area contributed by atoms with Crippen molar-refractivity contribution in [1.29, 1.82) is 0 Å². The number of hydrogen-bond acceptors (Lipinski definition) is 2. The highest BCUT2D eigenvalue weighted by molar-refractivity contribution is 5.28. The Kier molecular flexibility index (Phi) is 4.38. The van der Waals surface area contributed by atoms with Crippen molar-refractivity contribution in [2.45, 2.75) is 33.2 Å². The monoisotopic (exact) mass is 257 g/mol. The minimum Gasteiger partial charge on any atom is -0.317 e. The Labute approximate surface area is 115 Å². The molecule has 0 saturated carbocycles. The summed E-state index contributed by atoms with van der Waals surface area (Å²) in [4.78, 5) is 0. The fourth-order valence-corrected chi connectivity index (χ4v) is 2.73. The second-order valence-corrected chi connectivity index (χ2v) is 4.93. The number of rotatable bonds is 5. The van der Waals surface area contributed by atoms with Crippen LogP contribution in [-0.4, -0.2) is 23.4 Å². The van der Waals surface area contributed by atoms with Gasteiger partial charge in [0, 0.05) is 12.2 Å². The van der Waals surface area contributed by atoms with Crippen LogP contribution in [0.4, 0.5) is 0 Å². The molecule has 1 aromatic carbocycles. The molecule has 102 valence electrons. The quantitative estimate of drug-likeness (QED) is 0.892. The summed E-state index contributed by atoms with van der Waals surface area (Å²) < 4.78 is 2.17. The third kappa shape index (κ3) is 2.71. The lowest BCUT2D eigenvalue weighted by Crippen LogP contribution is -2.25. The molecule has 0 amide bonds. The van der Waals surface area contributed by atoms with Gasteiger partial charge in [-0.25, -0.2) is 0 Å². The first-order chi connectivity index (χ1) is 9.19. The number of nitrogens with one attached hydrogen (secondary N) is 1. The van der Waals surface area contributed by atoms with Crippen LogP contribution < -0.4 is 5.32 Å². The summed E-state index contributed by atoms with van der Waals surface area (Å²) in [6, 6.07) is 10.8. The van der Waals surface area contributed by atoms with Crippen molar-refractivity contribution in [1.82, 2.24) is 15.1 Å². The van der Waals surface area contributed by atoms with E-state index in [-0.39, 0.29) is 6.04 Å². The van der Waals surface area contributed by atoms with Crippen LogP contribution in [0.5, 0.6) is 0 Å². The zero-order chi connectivity index (χ0) is 13.8. The average molecular weight is 257 g/mol. The molecule has 0 radical (unpaired) electrons. The molecule has 0 aliphatic heterocycles. The van der Waals surface area contributed by atoms with Gasteiger partial charge >= 0.3 is 0 Å².